The summed E-state index contributed by atoms with van der Waals surface area (Å²) in [6.45, 7) is -0.247. The van der Waals surface area contributed by atoms with Crippen molar-refractivity contribution < 1.29 is 23.7 Å². The average molecular weight is 459 g/mol. The molecular weight excluding hydrogens is 441 g/mol. The summed E-state index contributed by atoms with van der Waals surface area (Å²) in [5.74, 6) is -0.644. The molecule has 0 unspecified atom stereocenters. The second kappa shape index (κ2) is 10.3. The Morgan fingerprint density at radius 3 is 2.31 bits per heavy atom. The first-order valence-corrected chi connectivity index (χ1v) is 9.83. The van der Waals surface area contributed by atoms with Crippen molar-refractivity contribution in [2.45, 2.75) is 22.5 Å². The molecule has 0 aliphatic carbocycles. The molecule has 0 N–H and O–H groups in total. The lowest BCUT2D eigenvalue weighted by Crippen LogP contribution is -2.39. The number of rotatable bonds is 7. The number of carbonyl (C=O) groups is 1. The number of halogens is 3. The third-order valence-corrected chi connectivity index (χ3v) is 4.22. The summed E-state index contributed by atoms with van der Waals surface area (Å²) >= 11 is 16.9. The highest BCUT2D eigenvalue weighted by Gasteiger charge is 2.38. The fraction of sp³-hybridized carbons (Fsp3) is 0.300. The number of hydrogen-bond donors (Lipinski definition) is 0. The van der Waals surface area contributed by atoms with Crippen LogP contribution in [0.3, 0.4) is 0 Å². The lowest BCUT2D eigenvalue weighted by molar-refractivity contribution is -0.166. The van der Waals surface area contributed by atoms with Gasteiger partial charge in [-0.15, -0.1) is 0 Å². The standard InChI is InChI=1S/C20H18Cl3NO5/c21-20(22,23)12-26-13-28-17-16(15-9-5-2-6-10-15)24-19(29-18(17)25)27-11-14-7-3-1-4-8-14/h1-10,16-17H,11-13H2/t16-,17+/m0/s1. The van der Waals surface area contributed by atoms with Crippen LogP contribution in [0.15, 0.2) is 65.7 Å². The van der Waals surface area contributed by atoms with E-state index in [1.165, 1.54) is 0 Å². The van der Waals surface area contributed by atoms with Gasteiger partial charge < -0.3 is 18.9 Å². The van der Waals surface area contributed by atoms with Crippen LogP contribution in [-0.4, -0.2) is 35.3 Å². The number of carbonyl (C=O) groups excluding carboxylic acids is 1. The fourth-order valence-electron chi connectivity index (χ4n) is 2.60. The van der Waals surface area contributed by atoms with Gasteiger partial charge in [0.05, 0.1) is 6.61 Å². The summed E-state index contributed by atoms with van der Waals surface area (Å²) in [6, 6.07) is 18.0. The molecule has 0 bridgehead atoms. The summed E-state index contributed by atoms with van der Waals surface area (Å²) in [6.07, 6.45) is -1.15. The van der Waals surface area contributed by atoms with E-state index >= 15 is 0 Å². The van der Waals surface area contributed by atoms with Gasteiger partial charge in [0.1, 0.15) is 19.4 Å². The summed E-state index contributed by atoms with van der Waals surface area (Å²) in [5, 5.41) is 0. The zero-order valence-electron chi connectivity index (χ0n) is 15.2. The molecule has 6 nitrogen and oxygen atoms in total. The van der Waals surface area contributed by atoms with Crippen molar-refractivity contribution in [3.05, 3.63) is 71.8 Å². The van der Waals surface area contributed by atoms with E-state index in [4.69, 9.17) is 53.8 Å². The molecule has 1 heterocycles. The molecule has 3 rings (SSSR count). The highest BCUT2D eigenvalue weighted by molar-refractivity contribution is 6.67. The molecule has 0 aromatic heterocycles. The van der Waals surface area contributed by atoms with E-state index in [1.54, 1.807) is 0 Å². The summed E-state index contributed by atoms with van der Waals surface area (Å²) in [7, 11) is 0. The molecule has 0 saturated heterocycles. The maximum Gasteiger partial charge on any atom is 0.392 e. The number of benzene rings is 2. The minimum absolute atomic E-state index is 0.116. The van der Waals surface area contributed by atoms with Crippen molar-refractivity contribution in [1.29, 1.82) is 0 Å². The predicted octanol–water partition coefficient (Wildman–Crippen LogP) is 4.59. The lowest BCUT2D eigenvalue weighted by Gasteiger charge is -2.27. The first kappa shape index (κ1) is 21.9. The SMILES string of the molecule is O=C1OC(OCc2ccccc2)=N[C@@H](c2ccccc2)[C@H]1OCOCC(Cl)(Cl)Cl. The minimum Gasteiger partial charge on any atom is -0.445 e. The number of ether oxygens (including phenoxy) is 4. The second-order valence-electron chi connectivity index (χ2n) is 6.11. The molecule has 29 heavy (non-hydrogen) atoms. The monoisotopic (exact) mass is 457 g/mol. The van der Waals surface area contributed by atoms with Crippen LogP contribution in [0.1, 0.15) is 17.2 Å². The number of alkyl halides is 3. The zero-order valence-corrected chi connectivity index (χ0v) is 17.4. The summed E-state index contributed by atoms with van der Waals surface area (Å²) in [5.41, 5.74) is 1.68. The number of cyclic esters (lactones) is 1. The maximum atomic E-state index is 12.5. The molecule has 2 aromatic carbocycles. The van der Waals surface area contributed by atoms with Gasteiger partial charge in [0.2, 0.25) is 3.79 Å². The number of aliphatic imine (C=N–C) groups is 1. The van der Waals surface area contributed by atoms with E-state index in [2.05, 4.69) is 4.99 Å². The molecule has 1 aliphatic rings. The minimum atomic E-state index is -1.58. The smallest absolute Gasteiger partial charge is 0.392 e. The van der Waals surface area contributed by atoms with E-state index in [-0.39, 0.29) is 26.1 Å². The lowest BCUT2D eigenvalue weighted by atomic mass is 10.0. The van der Waals surface area contributed by atoms with Crippen LogP contribution >= 0.6 is 34.8 Å². The Kier molecular flexibility index (Phi) is 7.75. The van der Waals surface area contributed by atoms with Gasteiger partial charge in [0.15, 0.2) is 6.10 Å². The van der Waals surface area contributed by atoms with Crippen molar-refractivity contribution in [3.8, 4) is 0 Å². The fourth-order valence-corrected chi connectivity index (χ4v) is 2.84. The third-order valence-electron chi connectivity index (χ3n) is 3.89. The molecule has 2 aromatic rings. The van der Waals surface area contributed by atoms with E-state index in [0.29, 0.717) is 0 Å². The van der Waals surface area contributed by atoms with Gasteiger partial charge in [0, 0.05) is 0 Å². The normalized spacial score (nSPS) is 19.4. The Hall–Kier alpha value is -1.83. The van der Waals surface area contributed by atoms with Crippen molar-refractivity contribution in [3.63, 3.8) is 0 Å². The number of esters is 1. The molecule has 154 valence electrons. The van der Waals surface area contributed by atoms with Gasteiger partial charge in [-0.3, -0.25) is 0 Å². The van der Waals surface area contributed by atoms with Gasteiger partial charge in [-0.05, 0) is 11.1 Å². The van der Waals surface area contributed by atoms with Crippen LogP contribution in [0.2, 0.25) is 0 Å². The predicted molar refractivity (Wildman–Crippen MR) is 110 cm³/mol. The maximum absolute atomic E-state index is 12.5. The summed E-state index contributed by atoms with van der Waals surface area (Å²) in [4.78, 5) is 17.0. The summed E-state index contributed by atoms with van der Waals surface area (Å²) < 4.78 is 19.9. The van der Waals surface area contributed by atoms with E-state index in [1.807, 2.05) is 60.7 Å². The second-order valence-corrected chi connectivity index (χ2v) is 8.63. The van der Waals surface area contributed by atoms with Crippen LogP contribution < -0.4 is 0 Å². The average Bonchev–Trinajstić information content (AvgIpc) is 2.71. The zero-order chi connectivity index (χ0) is 20.7. The molecule has 1 aliphatic heterocycles. The number of nitrogens with zero attached hydrogens (tertiary/aromatic N) is 1. The van der Waals surface area contributed by atoms with Gasteiger partial charge in [0.25, 0.3) is 0 Å². The van der Waals surface area contributed by atoms with Crippen molar-refractivity contribution >= 4 is 46.9 Å². The van der Waals surface area contributed by atoms with Crippen molar-refractivity contribution in [1.82, 2.24) is 0 Å². The highest BCUT2D eigenvalue weighted by Crippen LogP contribution is 2.29. The largest absolute Gasteiger partial charge is 0.445 e. The van der Waals surface area contributed by atoms with Crippen LogP contribution in [0.4, 0.5) is 0 Å². The van der Waals surface area contributed by atoms with E-state index in [9.17, 15) is 4.79 Å². The third kappa shape index (κ3) is 6.87. The molecule has 9 heteroatoms. The van der Waals surface area contributed by atoms with Crippen LogP contribution in [0.25, 0.3) is 0 Å². The Balaban J connectivity index is 1.71. The Labute approximate surface area is 183 Å². The van der Waals surface area contributed by atoms with Gasteiger partial charge in [-0.1, -0.05) is 95.5 Å². The molecular formula is C20H18Cl3NO5. The first-order chi connectivity index (χ1) is 13.9. The van der Waals surface area contributed by atoms with Gasteiger partial charge in [-0.2, -0.15) is 0 Å². The Morgan fingerprint density at radius 2 is 1.66 bits per heavy atom. The van der Waals surface area contributed by atoms with Crippen molar-refractivity contribution in [2.75, 3.05) is 13.4 Å². The molecule has 0 saturated carbocycles. The van der Waals surface area contributed by atoms with Gasteiger partial charge in [-0.25, -0.2) is 9.79 Å². The Morgan fingerprint density at radius 1 is 1.00 bits per heavy atom. The molecule has 2 atom stereocenters. The van der Waals surface area contributed by atoms with Crippen molar-refractivity contribution in [2.24, 2.45) is 4.99 Å². The molecule has 0 fully saturated rings. The molecule has 0 spiro atoms. The highest BCUT2D eigenvalue weighted by atomic mass is 35.6. The molecule has 0 radical (unpaired) electrons. The van der Waals surface area contributed by atoms with Crippen LogP contribution in [0, 0.1) is 0 Å². The van der Waals surface area contributed by atoms with Crippen LogP contribution in [0.5, 0.6) is 0 Å². The van der Waals surface area contributed by atoms with E-state index < -0.39 is 21.9 Å². The quantitative estimate of drug-likeness (QED) is 0.263. The first-order valence-electron chi connectivity index (χ1n) is 8.69. The van der Waals surface area contributed by atoms with Crippen LogP contribution in [-0.2, 0) is 30.3 Å². The number of hydrogen-bond acceptors (Lipinski definition) is 6. The molecule has 0 amide bonds. The van der Waals surface area contributed by atoms with Gasteiger partial charge >= 0.3 is 12.1 Å². The van der Waals surface area contributed by atoms with E-state index in [0.717, 1.165) is 11.1 Å². The Bertz CT molecular complexity index is 827. The topological polar surface area (TPSA) is 66.4 Å².